The quantitative estimate of drug-likeness (QED) is 0.0827. The van der Waals surface area contributed by atoms with Gasteiger partial charge in [-0.1, -0.05) is 91.6 Å². The van der Waals surface area contributed by atoms with Crippen LogP contribution in [0, 0.1) is 6.92 Å². The van der Waals surface area contributed by atoms with Crippen LogP contribution in [0.1, 0.15) is 60.1 Å². The number of allylic oxidation sites excluding steroid dienone is 1. The van der Waals surface area contributed by atoms with E-state index in [1.165, 1.54) is 11.1 Å². The fraction of sp³-hybridized carbons (Fsp3) is 0.273. The Bertz CT molecular complexity index is 2000. The summed E-state index contributed by atoms with van der Waals surface area (Å²) in [6.45, 7) is 13.2. The average molecular weight is 751 g/mol. The van der Waals surface area contributed by atoms with Crippen molar-refractivity contribution in [2.45, 2.75) is 53.4 Å². The first-order valence-electron chi connectivity index (χ1n) is 17.9. The van der Waals surface area contributed by atoms with Gasteiger partial charge in [-0.3, -0.25) is 9.69 Å². The number of hydrogen-bond acceptors (Lipinski definition) is 7. The molecule has 1 aromatic heterocycles. The lowest BCUT2D eigenvalue weighted by atomic mass is 10.0. The van der Waals surface area contributed by atoms with Crippen molar-refractivity contribution in [3.8, 4) is 23.1 Å². The molecule has 274 valence electrons. The summed E-state index contributed by atoms with van der Waals surface area (Å²) in [5, 5.41) is 1.09. The molecule has 53 heavy (non-hydrogen) atoms. The number of benzene rings is 4. The van der Waals surface area contributed by atoms with Gasteiger partial charge >= 0.3 is 0 Å². The molecule has 6 rings (SSSR count). The Morgan fingerprint density at radius 3 is 2.13 bits per heavy atom. The van der Waals surface area contributed by atoms with E-state index in [1.54, 1.807) is 18.3 Å². The maximum absolute atomic E-state index is 12.1. The maximum atomic E-state index is 12.1. The zero-order chi connectivity index (χ0) is 37.3. The van der Waals surface area contributed by atoms with Crippen molar-refractivity contribution in [3.05, 3.63) is 152 Å². The van der Waals surface area contributed by atoms with Crippen molar-refractivity contribution < 1.29 is 19.0 Å². The van der Waals surface area contributed by atoms with Gasteiger partial charge < -0.3 is 19.1 Å². The Morgan fingerprint density at radius 1 is 0.811 bits per heavy atom. The van der Waals surface area contributed by atoms with E-state index >= 15 is 0 Å². The number of rotatable bonds is 14. The van der Waals surface area contributed by atoms with Crippen molar-refractivity contribution in [2.75, 3.05) is 26.2 Å². The summed E-state index contributed by atoms with van der Waals surface area (Å²) in [6, 6.07) is 32.0. The largest absolute Gasteiger partial charge is 0.489 e. The van der Waals surface area contributed by atoms with Gasteiger partial charge in [-0.2, -0.15) is 0 Å². The van der Waals surface area contributed by atoms with Crippen LogP contribution in [-0.4, -0.2) is 47.2 Å². The van der Waals surface area contributed by atoms with E-state index in [0.29, 0.717) is 52.1 Å². The lowest BCUT2D eigenvalue weighted by Crippen LogP contribution is -2.45. The minimum absolute atomic E-state index is 0.332. The molecular weight excluding hydrogens is 705 g/mol. The van der Waals surface area contributed by atoms with Gasteiger partial charge in [0.05, 0.1) is 16.9 Å². The summed E-state index contributed by atoms with van der Waals surface area (Å²) in [4.78, 5) is 21.3. The van der Waals surface area contributed by atoms with Crippen LogP contribution in [0.3, 0.4) is 0 Å². The molecule has 1 fully saturated rings. The van der Waals surface area contributed by atoms with Crippen LogP contribution in [-0.2, 0) is 24.6 Å². The average Bonchev–Trinajstić information content (AvgIpc) is 3.17. The number of pyridine rings is 1. The molecule has 5 aromatic rings. The summed E-state index contributed by atoms with van der Waals surface area (Å²) < 4.78 is 18.0. The minimum atomic E-state index is 0.332. The zero-order valence-electron chi connectivity index (χ0n) is 30.6. The number of nitrogens with zero attached hydrogens (tertiary/aromatic N) is 3. The van der Waals surface area contributed by atoms with Crippen LogP contribution in [0.25, 0.3) is 5.70 Å². The zero-order valence-corrected chi connectivity index (χ0v) is 32.2. The van der Waals surface area contributed by atoms with Crippen molar-refractivity contribution in [2.24, 2.45) is 0 Å². The number of halogens is 2. The third-order valence-corrected chi connectivity index (χ3v) is 10.0. The predicted octanol–water partition coefficient (Wildman–Crippen LogP) is 10.5. The monoisotopic (exact) mass is 749 g/mol. The molecule has 4 aromatic carbocycles. The molecule has 1 aliphatic rings. The summed E-state index contributed by atoms with van der Waals surface area (Å²) in [5.74, 6) is 2.88. The molecule has 0 unspecified atom stereocenters. The van der Waals surface area contributed by atoms with Crippen molar-refractivity contribution in [1.82, 2.24) is 14.8 Å². The predicted molar refractivity (Wildman–Crippen MR) is 213 cm³/mol. The number of piperazine rings is 1. The molecule has 1 aliphatic heterocycles. The fourth-order valence-electron chi connectivity index (χ4n) is 6.35. The molecule has 0 saturated carbocycles. The van der Waals surface area contributed by atoms with Gasteiger partial charge in [0.2, 0.25) is 5.88 Å². The van der Waals surface area contributed by atoms with Gasteiger partial charge in [0, 0.05) is 60.5 Å². The maximum Gasteiger partial charge on any atom is 0.219 e. The number of carbonyl (C=O) groups excluding carboxylic acids is 1. The summed E-state index contributed by atoms with van der Waals surface area (Å²) in [7, 11) is 0. The third-order valence-electron chi connectivity index (χ3n) is 9.39. The SMILES string of the molecule is C/C(C=O)=C(/c1cc(C)c(Oc2ccc(OCc3ccccc3Cl)cn2)c(Cl)c1)N1CCN(Cc2ccc(COc3ccc(C(C)C)cc3)cc2)CC1. The minimum Gasteiger partial charge on any atom is -0.489 e. The molecule has 1 saturated heterocycles. The number of aldehydes is 1. The summed E-state index contributed by atoms with van der Waals surface area (Å²) >= 11 is 13.1. The second-order valence-electron chi connectivity index (χ2n) is 13.7. The van der Waals surface area contributed by atoms with Gasteiger partial charge in [-0.25, -0.2) is 4.98 Å². The smallest absolute Gasteiger partial charge is 0.219 e. The standard InChI is InChI=1S/C44H45Cl2N3O4/c1-30(2)35-13-15-38(16-14-35)51-28-34-11-9-33(10-12-34)26-48-19-21-49(22-20-48)43(32(4)27-50)37-23-31(3)44(41(46)24-37)53-42-18-17-39(25-47-42)52-29-36-7-5-6-8-40(36)45/h5-18,23-25,27,30H,19-22,26,28-29H2,1-4H3/b43-32+. The lowest BCUT2D eigenvalue weighted by molar-refractivity contribution is -0.104. The first kappa shape index (κ1) is 37.9. The van der Waals surface area contributed by atoms with E-state index in [4.69, 9.17) is 37.4 Å². The highest BCUT2D eigenvalue weighted by molar-refractivity contribution is 6.32. The molecule has 0 atom stereocenters. The molecule has 7 nitrogen and oxygen atoms in total. The first-order valence-corrected chi connectivity index (χ1v) is 18.7. The van der Waals surface area contributed by atoms with Crippen molar-refractivity contribution in [3.63, 3.8) is 0 Å². The van der Waals surface area contributed by atoms with Crippen molar-refractivity contribution >= 4 is 35.2 Å². The number of hydrogen-bond donors (Lipinski definition) is 0. The van der Waals surface area contributed by atoms with Crippen LogP contribution < -0.4 is 14.2 Å². The van der Waals surface area contributed by atoms with E-state index in [2.05, 4.69) is 65.0 Å². The number of carbonyl (C=O) groups is 1. The Hall–Kier alpha value is -4.82. The van der Waals surface area contributed by atoms with Crippen LogP contribution in [0.2, 0.25) is 10.0 Å². The molecule has 0 radical (unpaired) electrons. The highest BCUT2D eigenvalue weighted by Crippen LogP contribution is 2.37. The van der Waals surface area contributed by atoms with Gasteiger partial charge in [0.1, 0.15) is 31.0 Å². The Kier molecular flexibility index (Phi) is 12.7. The third kappa shape index (κ3) is 9.99. The Morgan fingerprint density at radius 2 is 1.49 bits per heavy atom. The fourth-order valence-corrected chi connectivity index (χ4v) is 6.85. The van der Waals surface area contributed by atoms with Gasteiger partial charge in [-0.05, 0) is 78.4 Å². The Labute approximate surface area is 322 Å². The molecule has 0 bridgehead atoms. The van der Waals surface area contributed by atoms with Crippen LogP contribution in [0.4, 0.5) is 0 Å². The second-order valence-corrected chi connectivity index (χ2v) is 14.5. The second kappa shape index (κ2) is 17.8. The van der Waals surface area contributed by atoms with E-state index < -0.39 is 0 Å². The number of ether oxygens (including phenoxy) is 3. The number of aryl methyl sites for hydroxylation is 1. The van der Waals surface area contributed by atoms with E-state index in [9.17, 15) is 4.79 Å². The first-order chi connectivity index (χ1) is 25.7. The number of aromatic nitrogens is 1. The van der Waals surface area contributed by atoms with Crippen LogP contribution in [0.15, 0.2) is 109 Å². The van der Waals surface area contributed by atoms with Crippen LogP contribution >= 0.6 is 23.2 Å². The summed E-state index contributed by atoms with van der Waals surface area (Å²) in [6.07, 6.45) is 2.52. The molecule has 0 aliphatic carbocycles. The molecular formula is C44H45Cl2N3O4. The highest BCUT2D eigenvalue weighted by Gasteiger charge is 2.23. The molecule has 2 heterocycles. The van der Waals surface area contributed by atoms with Crippen molar-refractivity contribution in [1.29, 1.82) is 0 Å². The van der Waals surface area contributed by atoms with E-state index in [1.807, 2.05) is 62.4 Å². The molecule has 0 N–H and O–H groups in total. The van der Waals surface area contributed by atoms with E-state index in [-0.39, 0.29) is 0 Å². The highest BCUT2D eigenvalue weighted by atomic mass is 35.5. The normalized spacial score (nSPS) is 13.8. The summed E-state index contributed by atoms with van der Waals surface area (Å²) in [5.41, 5.74) is 7.86. The van der Waals surface area contributed by atoms with Gasteiger partial charge in [0.15, 0.2) is 5.75 Å². The molecule has 9 heteroatoms. The molecule has 0 spiro atoms. The topological polar surface area (TPSA) is 64.1 Å². The molecule has 0 amide bonds. The van der Waals surface area contributed by atoms with E-state index in [0.717, 1.165) is 72.7 Å². The lowest BCUT2D eigenvalue weighted by Gasteiger charge is -2.38. The van der Waals surface area contributed by atoms with Gasteiger partial charge in [0.25, 0.3) is 0 Å². The van der Waals surface area contributed by atoms with Gasteiger partial charge in [-0.15, -0.1) is 0 Å². The van der Waals surface area contributed by atoms with Crippen LogP contribution in [0.5, 0.6) is 23.1 Å². The Balaban J connectivity index is 1.03.